The third-order valence-corrected chi connectivity index (χ3v) is 5.77. The van der Waals surface area contributed by atoms with Crippen molar-refractivity contribution in [1.82, 2.24) is 21.3 Å². The molecule has 7 N–H and O–H groups in total. The van der Waals surface area contributed by atoms with E-state index in [-0.39, 0.29) is 12.3 Å². The molecule has 0 aliphatic rings. The minimum atomic E-state index is -5.09. The molecule has 0 aliphatic carbocycles. The van der Waals surface area contributed by atoms with Gasteiger partial charge in [0.1, 0.15) is 18.1 Å². The molecule has 39 heavy (non-hydrogen) atoms. The third kappa shape index (κ3) is 11.9. The number of aliphatic hydroxyl groups is 1. The first kappa shape index (κ1) is 33.7. The van der Waals surface area contributed by atoms with E-state index in [1.165, 1.54) is 6.92 Å². The average molecular weight is 578 g/mol. The van der Waals surface area contributed by atoms with E-state index in [1.807, 2.05) is 5.32 Å². The van der Waals surface area contributed by atoms with Gasteiger partial charge < -0.3 is 32.1 Å². The highest BCUT2D eigenvalue weighted by Gasteiger charge is 2.44. The second kappa shape index (κ2) is 15.3. The first-order valence-electron chi connectivity index (χ1n) is 12.0. The molecule has 0 saturated carbocycles. The van der Waals surface area contributed by atoms with Crippen molar-refractivity contribution in [2.45, 2.75) is 76.5 Å². The molecular formula is C24H34F3N5O6S. The molecule has 0 spiro atoms. The molecule has 11 nitrogen and oxygen atoms in total. The van der Waals surface area contributed by atoms with Gasteiger partial charge in [0, 0.05) is 12.8 Å². The van der Waals surface area contributed by atoms with E-state index in [4.69, 9.17) is 5.73 Å². The summed E-state index contributed by atoms with van der Waals surface area (Å²) < 4.78 is 39.2. The summed E-state index contributed by atoms with van der Waals surface area (Å²) in [4.78, 5) is 61.1. The fraction of sp³-hybridized carbons (Fsp3) is 0.542. The maximum Gasteiger partial charge on any atom is 0.416 e. The minimum Gasteiger partial charge on any atom is -0.382 e. The summed E-state index contributed by atoms with van der Waals surface area (Å²) >= 11 is 3.62. The highest BCUT2D eigenvalue weighted by molar-refractivity contribution is 7.96. The Labute approximate surface area is 229 Å². The van der Waals surface area contributed by atoms with Crippen LogP contribution in [0.15, 0.2) is 30.3 Å². The fourth-order valence-corrected chi connectivity index (χ4v) is 3.65. The Balaban J connectivity index is 3.06. The van der Waals surface area contributed by atoms with Crippen LogP contribution in [0.25, 0.3) is 0 Å². The monoisotopic (exact) mass is 577 g/mol. The number of primary amides is 1. The number of nitrogens with one attached hydrogen (secondary N) is 4. The smallest absolute Gasteiger partial charge is 0.382 e. The van der Waals surface area contributed by atoms with Crippen LogP contribution < -0.4 is 27.0 Å². The van der Waals surface area contributed by atoms with Crippen LogP contribution in [-0.4, -0.2) is 70.4 Å². The predicted octanol–water partition coefficient (Wildman–Crippen LogP) is 0.556. The number of nitrogens with two attached hydrogens (primary N) is 1. The van der Waals surface area contributed by atoms with Gasteiger partial charge in [0.15, 0.2) is 6.10 Å². The minimum absolute atomic E-state index is 0.0135. The van der Waals surface area contributed by atoms with Gasteiger partial charge in [-0.1, -0.05) is 56.8 Å². The number of carbonyl (C=O) groups is 5. The lowest BCUT2D eigenvalue weighted by Crippen LogP contribution is -2.59. The summed E-state index contributed by atoms with van der Waals surface area (Å²) in [5, 5.41) is 18.1. The number of benzene rings is 1. The Hall–Kier alpha value is -3.33. The normalized spacial score (nSPS) is 15.3. The van der Waals surface area contributed by atoms with E-state index in [0.717, 1.165) is 0 Å². The first-order chi connectivity index (χ1) is 18.0. The topological polar surface area (TPSA) is 180 Å². The summed E-state index contributed by atoms with van der Waals surface area (Å²) in [5.41, 5.74) is 5.62. The van der Waals surface area contributed by atoms with E-state index in [2.05, 4.69) is 28.6 Å². The van der Waals surface area contributed by atoms with E-state index in [1.54, 1.807) is 44.2 Å². The number of carbonyl (C=O) groups excluding carboxylic acids is 5. The van der Waals surface area contributed by atoms with Crippen molar-refractivity contribution in [3.8, 4) is 0 Å². The largest absolute Gasteiger partial charge is 0.416 e. The van der Waals surface area contributed by atoms with Crippen molar-refractivity contribution in [3.63, 3.8) is 0 Å². The molecule has 5 amide bonds. The van der Waals surface area contributed by atoms with Gasteiger partial charge in [-0.05, 0) is 24.8 Å². The fourth-order valence-electron chi connectivity index (χ4n) is 3.51. The zero-order valence-electron chi connectivity index (χ0n) is 21.6. The van der Waals surface area contributed by atoms with Gasteiger partial charge in [-0.15, -0.1) is 0 Å². The number of aliphatic hydroxyl groups excluding tert-OH is 1. The van der Waals surface area contributed by atoms with Gasteiger partial charge in [0.05, 0.1) is 6.04 Å². The van der Waals surface area contributed by atoms with E-state index in [0.29, 0.717) is 5.56 Å². The van der Waals surface area contributed by atoms with Crippen LogP contribution in [0.4, 0.5) is 18.0 Å². The lowest BCUT2D eigenvalue weighted by molar-refractivity contribution is -0.212. The van der Waals surface area contributed by atoms with Crippen molar-refractivity contribution in [1.29, 1.82) is 0 Å². The SMILES string of the molecule is CC(C)[C@H](NC(=O)S)C(=O)N[C@@H](Cc1ccccc1)C(=O)N[C@H](C)C(=O)N[C@@H](CCC(N)=O)C(O)C(F)(F)F. The van der Waals surface area contributed by atoms with Crippen molar-refractivity contribution in [2.75, 3.05) is 0 Å². The van der Waals surface area contributed by atoms with Gasteiger partial charge in [-0.3, -0.25) is 24.0 Å². The standard InChI is InChI=1S/C24H34F3N5O6S/c1-12(2)18(32-23(38)39)22(37)31-16(11-14-7-5-4-6-8-14)21(36)29-13(3)20(35)30-15(9-10-17(28)33)19(34)24(25,26)27/h4-8,12-13,15-16,18-19,34H,9-11H2,1-3H3,(H2,28,33)(H,29,36)(H,30,35)(H,31,37)(H2,32,38,39)/t13-,15+,16+,18+,19?/m1/s1. The summed E-state index contributed by atoms with van der Waals surface area (Å²) in [7, 11) is 0. The second-order valence-electron chi connectivity index (χ2n) is 9.26. The highest BCUT2D eigenvalue weighted by Crippen LogP contribution is 2.24. The third-order valence-electron chi connectivity index (χ3n) is 5.64. The molecule has 1 aromatic rings. The van der Waals surface area contributed by atoms with Crippen molar-refractivity contribution in [2.24, 2.45) is 11.7 Å². The van der Waals surface area contributed by atoms with E-state index >= 15 is 0 Å². The molecule has 5 atom stereocenters. The Morgan fingerprint density at radius 1 is 0.923 bits per heavy atom. The van der Waals surface area contributed by atoms with Crippen molar-refractivity contribution in [3.05, 3.63) is 35.9 Å². The van der Waals surface area contributed by atoms with Gasteiger partial charge in [0.25, 0.3) is 5.24 Å². The number of rotatable bonds is 14. The summed E-state index contributed by atoms with van der Waals surface area (Å²) in [5.74, 6) is -3.91. The molecule has 0 saturated heterocycles. The van der Waals surface area contributed by atoms with Gasteiger partial charge in [-0.25, -0.2) is 0 Å². The Morgan fingerprint density at radius 2 is 1.51 bits per heavy atom. The molecule has 1 rings (SSSR count). The number of amides is 5. The van der Waals surface area contributed by atoms with Crippen LogP contribution in [0.5, 0.6) is 0 Å². The quantitative estimate of drug-likeness (QED) is 0.159. The molecule has 0 aliphatic heterocycles. The number of hydrogen-bond donors (Lipinski definition) is 7. The van der Waals surface area contributed by atoms with Crippen molar-refractivity contribution < 1.29 is 42.3 Å². The van der Waals surface area contributed by atoms with Crippen LogP contribution in [-0.2, 0) is 25.6 Å². The average Bonchev–Trinajstić information content (AvgIpc) is 2.83. The molecule has 1 unspecified atom stereocenters. The highest BCUT2D eigenvalue weighted by atomic mass is 32.1. The maximum atomic E-state index is 13.1. The number of alkyl halides is 3. The number of hydrogen-bond acceptors (Lipinski definition) is 6. The Morgan fingerprint density at radius 3 is 2.00 bits per heavy atom. The van der Waals surface area contributed by atoms with Gasteiger partial charge in [-0.2, -0.15) is 13.2 Å². The first-order valence-corrected chi connectivity index (χ1v) is 12.4. The lowest BCUT2D eigenvalue weighted by Gasteiger charge is -2.28. The molecule has 0 bridgehead atoms. The van der Waals surface area contributed by atoms with Crippen LogP contribution in [0.3, 0.4) is 0 Å². The summed E-state index contributed by atoms with van der Waals surface area (Å²) in [6.07, 6.45) is -9.22. The van der Waals surface area contributed by atoms with E-state index < -0.39 is 78.2 Å². The molecule has 15 heteroatoms. The molecule has 218 valence electrons. The summed E-state index contributed by atoms with van der Waals surface area (Å²) in [6.45, 7) is 4.52. The molecule has 0 radical (unpaired) electrons. The van der Waals surface area contributed by atoms with E-state index in [9.17, 15) is 42.3 Å². The molecular weight excluding hydrogens is 543 g/mol. The Bertz CT molecular complexity index is 1010. The number of thiol groups is 1. The lowest BCUT2D eigenvalue weighted by atomic mass is 10.0. The van der Waals surface area contributed by atoms with Gasteiger partial charge >= 0.3 is 6.18 Å². The van der Waals surface area contributed by atoms with Crippen LogP contribution in [0.1, 0.15) is 39.2 Å². The summed E-state index contributed by atoms with van der Waals surface area (Å²) in [6, 6.07) is 2.97. The van der Waals surface area contributed by atoms with Crippen molar-refractivity contribution >= 4 is 41.5 Å². The van der Waals surface area contributed by atoms with Crippen LogP contribution in [0.2, 0.25) is 0 Å². The van der Waals surface area contributed by atoms with Gasteiger partial charge in [0.2, 0.25) is 23.6 Å². The zero-order chi connectivity index (χ0) is 29.9. The predicted molar refractivity (Wildman–Crippen MR) is 138 cm³/mol. The maximum absolute atomic E-state index is 13.1. The molecule has 0 fully saturated rings. The molecule has 0 aromatic heterocycles. The number of halogens is 3. The molecule has 0 heterocycles. The second-order valence-corrected chi connectivity index (χ2v) is 9.67. The van der Waals surface area contributed by atoms with Crippen LogP contribution >= 0.6 is 12.6 Å². The molecule has 1 aromatic carbocycles. The van der Waals surface area contributed by atoms with Crippen LogP contribution in [0, 0.1) is 5.92 Å². The zero-order valence-corrected chi connectivity index (χ0v) is 22.5. The Kier molecular flexibility index (Phi) is 13.2.